The number of piperidine rings is 1. The third-order valence-corrected chi connectivity index (χ3v) is 4.79. The Morgan fingerprint density at radius 3 is 2.50 bits per heavy atom. The lowest BCUT2D eigenvalue weighted by atomic mass is 10.0. The van der Waals surface area contributed by atoms with E-state index < -0.39 is 16.1 Å². The van der Waals surface area contributed by atoms with Crippen LogP contribution in [0, 0.1) is 6.92 Å². The topological polar surface area (TPSA) is 66.5 Å². The standard InChI is InChI=1S/C14H20N2O3S/c1-11-6-8-12(9-7-11)15-14(17)13-5-3-4-10-16(13)20(2,18)19/h6-9,13H,3-5,10H2,1-2H3,(H,15,17)/t13-/m1/s1. The predicted octanol–water partition coefficient (Wildman–Crippen LogP) is 1.75. The smallest absolute Gasteiger partial charge is 0.242 e. The molecule has 5 nitrogen and oxygen atoms in total. The van der Waals surface area contributed by atoms with Gasteiger partial charge < -0.3 is 5.32 Å². The molecule has 1 aliphatic heterocycles. The Kier molecular flexibility index (Phi) is 4.45. The van der Waals surface area contributed by atoms with Crippen LogP contribution in [-0.4, -0.2) is 37.5 Å². The number of benzene rings is 1. The Morgan fingerprint density at radius 1 is 1.25 bits per heavy atom. The normalized spacial score (nSPS) is 20.6. The van der Waals surface area contributed by atoms with Crippen LogP contribution >= 0.6 is 0 Å². The van der Waals surface area contributed by atoms with Crippen molar-refractivity contribution in [3.8, 4) is 0 Å². The van der Waals surface area contributed by atoms with Crippen LogP contribution < -0.4 is 5.32 Å². The van der Waals surface area contributed by atoms with Crippen LogP contribution in [0.1, 0.15) is 24.8 Å². The molecule has 1 fully saturated rings. The molecular weight excluding hydrogens is 276 g/mol. The van der Waals surface area contributed by atoms with Gasteiger partial charge >= 0.3 is 0 Å². The van der Waals surface area contributed by atoms with E-state index >= 15 is 0 Å². The van der Waals surface area contributed by atoms with Crippen LogP contribution in [0.2, 0.25) is 0 Å². The molecule has 0 aromatic heterocycles. The van der Waals surface area contributed by atoms with Gasteiger partial charge in [0.2, 0.25) is 15.9 Å². The zero-order valence-corrected chi connectivity index (χ0v) is 12.6. The fraction of sp³-hybridized carbons (Fsp3) is 0.500. The number of hydrogen-bond donors (Lipinski definition) is 1. The number of nitrogens with zero attached hydrogens (tertiary/aromatic N) is 1. The lowest BCUT2D eigenvalue weighted by molar-refractivity contribution is -0.120. The first kappa shape index (κ1) is 15.0. The van der Waals surface area contributed by atoms with Crippen molar-refractivity contribution in [2.24, 2.45) is 0 Å². The first-order chi connectivity index (χ1) is 9.38. The molecule has 1 aromatic rings. The third-order valence-electron chi connectivity index (χ3n) is 3.50. The second kappa shape index (κ2) is 5.93. The maximum Gasteiger partial charge on any atom is 0.242 e. The highest BCUT2D eigenvalue weighted by Crippen LogP contribution is 2.21. The van der Waals surface area contributed by atoms with E-state index in [9.17, 15) is 13.2 Å². The van der Waals surface area contributed by atoms with E-state index in [1.165, 1.54) is 4.31 Å². The first-order valence-electron chi connectivity index (χ1n) is 6.72. The maximum absolute atomic E-state index is 12.3. The molecule has 1 aromatic carbocycles. The van der Waals surface area contributed by atoms with Crippen LogP contribution in [0.3, 0.4) is 0 Å². The predicted molar refractivity (Wildman–Crippen MR) is 79.0 cm³/mol. The second-order valence-corrected chi connectivity index (χ2v) is 7.18. The number of hydrogen-bond acceptors (Lipinski definition) is 3. The van der Waals surface area contributed by atoms with E-state index in [2.05, 4.69) is 5.32 Å². The summed E-state index contributed by atoms with van der Waals surface area (Å²) < 4.78 is 24.8. The molecule has 1 aliphatic rings. The van der Waals surface area contributed by atoms with Crippen molar-refractivity contribution in [2.45, 2.75) is 32.2 Å². The van der Waals surface area contributed by atoms with Crippen LogP contribution in [0.25, 0.3) is 0 Å². The van der Waals surface area contributed by atoms with Gasteiger partial charge in [-0.2, -0.15) is 4.31 Å². The van der Waals surface area contributed by atoms with Crippen LogP contribution in [-0.2, 0) is 14.8 Å². The van der Waals surface area contributed by atoms with Gasteiger partial charge in [-0.15, -0.1) is 0 Å². The fourth-order valence-corrected chi connectivity index (χ4v) is 3.55. The average Bonchev–Trinajstić information content (AvgIpc) is 2.40. The SMILES string of the molecule is Cc1ccc(NC(=O)[C@H]2CCCCN2S(C)(=O)=O)cc1. The van der Waals surface area contributed by atoms with E-state index in [-0.39, 0.29) is 5.91 Å². The molecule has 0 radical (unpaired) electrons. The summed E-state index contributed by atoms with van der Waals surface area (Å²) in [5.74, 6) is -0.251. The highest BCUT2D eigenvalue weighted by Gasteiger charge is 2.34. The summed E-state index contributed by atoms with van der Waals surface area (Å²) in [7, 11) is -3.35. The highest BCUT2D eigenvalue weighted by molar-refractivity contribution is 7.88. The van der Waals surface area contributed by atoms with Crippen molar-refractivity contribution in [1.29, 1.82) is 0 Å². The summed E-state index contributed by atoms with van der Waals surface area (Å²) in [6, 6.07) is 6.86. The maximum atomic E-state index is 12.3. The number of amides is 1. The summed E-state index contributed by atoms with van der Waals surface area (Å²) in [5.41, 5.74) is 1.80. The molecule has 1 atom stereocenters. The molecule has 0 unspecified atom stereocenters. The summed E-state index contributed by atoms with van der Waals surface area (Å²) in [4.78, 5) is 12.3. The quantitative estimate of drug-likeness (QED) is 0.924. The summed E-state index contributed by atoms with van der Waals surface area (Å²) in [5, 5.41) is 2.80. The molecule has 1 heterocycles. The van der Waals surface area contributed by atoms with Gasteiger partial charge in [-0.3, -0.25) is 4.79 Å². The lowest BCUT2D eigenvalue weighted by Crippen LogP contribution is -2.49. The molecule has 6 heteroatoms. The van der Waals surface area contributed by atoms with Crippen LogP contribution in [0.5, 0.6) is 0 Å². The molecule has 0 saturated carbocycles. The number of anilines is 1. The molecule has 2 rings (SSSR count). The lowest BCUT2D eigenvalue weighted by Gasteiger charge is -2.32. The minimum atomic E-state index is -3.35. The van der Waals surface area contributed by atoms with Gasteiger partial charge in [0.1, 0.15) is 6.04 Å². The second-order valence-electron chi connectivity index (χ2n) is 5.24. The zero-order valence-electron chi connectivity index (χ0n) is 11.8. The molecule has 1 saturated heterocycles. The van der Waals surface area contributed by atoms with E-state index in [1.54, 1.807) is 0 Å². The van der Waals surface area contributed by atoms with Crippen molar-refractivity contribution >= 4 is 21.6 Å². The largest absolute Gasteiger partial charge is 0.325 e. The number of aryl methyl sites for hydroxylation is 1. The molecule has 0 bridgehead atoms. The highest BCUT2D eigenvalue weighted by atomic mass is 32.2. The Labute approximate surface area is 120 Å². The average molecular weight is 296 g/mol. The van der Waals surface area contributed by atoms with Gasteiger partial charge in [0.15, 0.2) is 0 Å². The Bertz CT molecular complexity index is 581. The monoisotopic (exact) mass is 296 g/mol. The van der Waals surface area contributed by atoms with Crippen molar-refractivity contribution in [2.75, 3.05) is 18.1 Å². The summed E-state index contributed by atoms with van der Waals surface area (Å²) in [6.45, 7) is 2.39. The molecule has 0 spiro atoms. The number of carbonyl (C=O) groups is 1. The molecule has 20 heavy (non-hydrogen) atoms. The zero-order chi connectivity index (χ0) is 14.8. The Morgan fingerprint density at radius 2 is 1.90 bits per heavy atom. The number of sulfonamides is 1. The van der Waals surface area contributed by atoms with Gasteiger partial charge in [-0.25, -0.2) is 8.42 Å². The summed E-state index contributed by atoms with van der Waals surface area (Å²) in [6.07, 6.45) is 3.41. The van der Waals surface area contributed by atoms with Crippen molar-refractivity contribution in [3.05, 3.63) is 29.8 Å². The fourth-order valence-electron chi connectivity index (χ4n) is 2.43. The van der Waals surface area contributed by atoms with Crippen molar-refractivity contribution in [3.63, 3.8) is 0 Å². The van der Waals surface area contributed by atoms with Crippen LogP contribution in [0.15, 0.2) is 24.3 Å². The van der Waals surface area contributed by atoms with Gasteiger partial charge in [0.25, 0.3) is 0 Å². The Balaban J connectivity index is 2.12. The number of nitrogens with one attached hydrogen (secondary N) is 1. The first-order valence-corrected chi connectivity index (χ1v) is 8.57. The van der Waals surface area contributed by atoms with Crippen LogP contribution in [0.4, 0.5) is 5.69 Å². The van der Waals surface area contributed by atoms with Gasteiger partial charge in [0.05, 0.1) is 6.26 Å². The van der Waals surface area contributed by atoms with E-state index in [0.717, 1.165) is 24.7 Å². The molecule has 1 N–H and O–H groups in total. The van der Waals surface area contributed by atoms with Crippen molar-refractivity contribution < 1.29 is 13.2 Å². The molecule has 0 aliphatic carbocycles. The molecule has 110 valence electrons. The van der Waals surface area contributed by atoms with E-state index in [4.69, 9.17) is 0 Å². The van der Waals surface area contributed by atoms with Gasteiger partial charge in [-0.05, 0) is 31.9 Å². The minimum absolute atomic E-state index is 0.251. The van der Waals surface area contributed by atoms with E-state index in [0.29, 0.717) is 18.7 Å². The summed E-state index contributed by atoms with van der Waals surface area (Å²) >= 11 is 0. The molecule has 1 amide bonds. The third kappa shape index (κ3) is 3.58. The van der Waals surface area contributed by atoms with Gasteiger partial charge in [0, 0.05) is 12.2 Å². The van der Waals surface area contributed by atoms with Gasteiger partial charge in [-0.1, -0.05) is 24.1 Å². The van der Waals surface area contributed by atoms with Crippen molar-refractivity contribution in [1.82, 2.24) is 4.31 Å². The number of rotatable bonds is 3. The Hall–Kier alpha value is -1.40. The molecular formula is C14H20N2O3S. The number of carbonyl (C=O) groups excluding carboxylic acids is 1. The minimum Gasteiger partial charge on any atom is -0.325 e. The van der Waals surface area contributed by atoms with E-state index in [1.807, 2.05) is 31.2 Å².